The van der Waals surface area contributed by atoms with E-state index in [4.69, 9.17) is 0 Å². The van der Waals surface area contributed by atoms with Crippen molar-refractivity contribution in [1.82, 2.24) is 20.1 Å². The van der Waals surface area contributed by atoms with Crippen molar-refractivity contribution in [2.45, 2.75) is 6.54 Å². The second kappa shape index (κ2) is 4.40. The second-order valence-corrected chi connectivity index (χ2v) is 3.57. The van der Waals surface area contributed by atoms with E-state index < -0.39 is 0 Å². The highest BCUT2D eigenvalue weighted by atomic mass is 19.1. The highest BCUT2D eigenvalue weighted by Crippen LogP contribution is 2.19. The molecule has 2 aromatic rings. The Morgan fingerprint density at radius 1 is 1.44 bits per heavy atom. The Morgan fingerprint density at radius 2 is 2.25 bits per heavy atom. The molecular weight excluding hydrogens is 207 g/mol. The topological polar surface area (TPSA) is 42.7 Å². The molecule has 0 spiro atoms. The molecule has 0 saturated carbocycles. The Labute approximate surface area is 93.1 Å². The van der Waals surface area contributed by atoms with Gasteiger partial charge in [-0.15, -0.1) is 0 Å². The molecule has 0 atom stereocenters. The van der Waals surface area contributed by atoms with Gasteiger partial charge in [0.15, 0.2) is 0 Å². The number of aryl methyl sites for hydroxylation is 1. The maximum atomic E-state index is 12.8. The lowest BCUT2D eigenvalue weighted by Crippen LogP contribution is -2.05. The van der Waals surface area contributed by atoms with Crippen LogP contribution < -0.4 is 5.32 Å². The molecule has 2 aromatic heterocycles. The molecule has 0 amide bonds. The Bertz CT molecular complexity index is 475. The van der Waals surface area contributed by atoms with Gasteiger partial charge in [-0.1, -0.05) is 0 Å². The van der Waals surface area contributed by atoms with Gasteiger partial charge >= 0.3 is 0 Å². The number of hydrogen-bond acceptors (Lipinski definition) is 3. The highest BCUT2D eigenvalue weighted by molar-refractivity contribution is 5.57. The Kier molecular flexibility index (Phi) is 2.96. The van der Waals surface area contributed by atoms with Crippen LogP contribution >= 0.6 is 0 Å². The van der Waals surface area contributed by atoms with Crippen molar-refractivity contribution in [3.63, 3.8) is 0 Å². The lowest BCUT2D eigenvalue weighted by atomic mass is 10.2. The smallest absolute Gasteiger partial charge is 0.141 e. The highest BCUT2D eigenvalue weighted by Gasteiger charge is 2.10. The second-order valence-electron chi connectivity index (χ2n) is 3.57. The predicted octanol–water partition coefficient (Wildman–Crippen LogP) is 1.34. The van der Waals surface area contributed by atoms with Crippen molar-refractivity contribution >= 4 is 0 Å². The summed E-state index contributed by atoms with van der Waals surface area (Å²) in [6, 6.07) is 3.02. The van der Waals surface area contributed by atoms with Crippen LogP contribution in [0.4, 0.5) is 4.39 Å². The minimum absolute atomic E-state index is 0.338. The molecule has 0 unspecified atom stereocenters. The largest absolute Gasteiger partial charge is 0.316 e. The van der Waals surface area contributed by atoms with Crippen molar-refractivity contribution in [3.8, 4) is 11.4 Å². The van der Waals surface area contributed by atoms with Crippen LogP contribution in [0.25, 0.3) is 11.4 Å². The summed E-state index contributed by atoms with van der Waals surface area (Å²) in [7, 11) is 3.72. The zero-order chi connectivity index (χ0) is 11.5. The molecule has 0 aliphatic heterocycles. The summed E-state index contributed by atoms with van der Waals surface area (Å²) in [5.74, 6) is -0.338. The molecule has 1 N–H and O–H groups in total. The first-order valence-corrected chi connectivity index (χ1v) is 4.99. The standard InChI is InChI=1S/C11H13FN4/c1-13-5-8-7-16(2)15-11(8)10-4-3-9(12)6-14-10/h3-4,6-7,13H,5H2,1-2H3. The number of rotatable bonds is 3. The summed E-state index contributed by atoms with van der Waals surface area (Å²) in [4.78, 5) is 4.03. The third kappa shape index (κ3) is 2.09. The molecule has 2 heterocycles. The normalized spacial score (nSPS) is 10.7. The molecule has 0 fully saturated rings. The number of halogens is 1. The van der Waals surface area contributed by atoms with Crippen molar-refractivity contribution in [3.05, 3.63) is 35.9 Å². The van der Waals surface area contributed by atoms with E-state index >= 15 is 0 Å². The predicted molar refractivity (Wildman–Crippen MR) is 59.2 cm³/mol. The van der Waals surface area contributed by atoms with Crippen LogP contribution in [0.5, 0.6) is 0 Å². The van der Waals surface area contributed by atoms with Gasteiger partial charge in [0.05, 0.1) is 11.9 Å². The summed E-state index contributed by atoms with van der Waals surface area (Å²) in [6.07, 6.45) is 3.13. The maximum Gasteiger partial charge on any atom is 0.141 e. The lowest BCUT2D eigenvalue weighted by molar-refractivity contribution is 0.621. The van der Waals surface area contributed by atoms with E-state index in [9.17, 15) is 4.39 Å². The summed E-state index contributed by atoms with van der Waals surface area (Å²) in [6.45, 7) is 0.711. The van der Waals surface area contributed by atoms with Gasteiger partial charge in [0.1, 0.15) is 11.5 Å². The Hall–Kier alpha value is -1.75. The van der Waals surface area contributed by atoms with Gasteiger partial charge in [-0.2, -0.15) is 5.10 Å². The average molecular weight is 220 g/mol. The fourth-order valence-electron chi connectivity index (χ4n) is 1.59. The van der Waals surface area contributed by atoms with Crippen molar-refractivity contribution in [2.24, 2.45) is 7.05 Å². The molecule has 5 heteroatoms. The van der Waals surface area contributed by atoms with E-state index in [1.165, 1.54) is 12.3 Å². The number of pyridine rings is 1. The van der Waals surface area contributed by atoms with E-state index in [2.05, 4.69) is 15.4 Å². The van der Waals surface area contributed by atoms with E-state index in [0.717, 1.165) is 11.3 Å². The number of hydrogen-bond donors (Lipinski definition) is 1. The fourth-order valence-corrected chi connectivity index (χ4v) is 1.59. The van der Waals surface area contributed by atoms with E-state index in [1.807, 2.05) is 20.3 Å². The van der Waals surface area contributed by atoms with Crippen LogP contribution in [-0.4, -0.2) is 21.8 Å². The molecule has 84 valence electrons. The van der Waals surface area contributed by atoms with Gasteiger partial charge in [0.2, 0.25) is 0 Å². The van der Waals surface area contributed by atoms with E-state index in [0.29, 0.717) is 12.2 Å². The maximum absolute atomic E-state index is 12.8. The molecule has 0 radical (unpaired) electrons. The third-order valence-corrected chi connectivity index (χ3v) is 2.24. The van der Waals surface area contributed by atoms with Crippen molar-refractivity contribution in [1.29, 1.82) is 0 Å². The van der Waals surface area contributed by atoms with Crippen LogP contribution in [0, 0.1) is 5.82 Å². The fraction of sp³-hybridized carbons (Fsp3) is 0.273. The van der Waals surface area contributed by atoms with Crippen LogP contribution in [0.3, 0.4) is 0 Å². The Balaban J connectivity index is 2.42. The third-order valence-electron chi connectivity index (χ3n) is 2.24. The minimum Gasteiger partial charge on any atom is -0.316 e. The first-order chi connectivity index (χ1) is 7.70. The first-order valence-electron chi connectivity index (χ1n) is 4.99. The lowest BCUT2D eigenvalue weighted by Gasteiger charge is -2.00. The molecule has 0 aliphatic carbocycles. The summed E-state index contributed by atoms with van der Waals surface area (Å²) >= 11 is 0. The van der Waals surface area contributed by atoms with Crippen LogP contribution in [0.2, 0.25) is 0 Å². The number of aromatic nitrogens is 3. The van der Waals surface area contributed by atoms with Gasteiger partial charge in [0, 0.05) is 25.4 Å². The molecule has 0 saturated heterocycles. The molecular formula is C11H13FN4. The van der Waals surface area contributed by atoms with Gasteiger partial charge in [-0.05, 0) is 19.2 Å². The SMILES string of the molecule is CNCc1cn(C)nc1-c1ccc(F)cn1. The van der Waals surface area contributed by atoms with Gasteiger partial charge in [-0.3, -0.25) is 9.67 Å². The first kappa shape index (κ1) is 10.8. The van der Waals surface area contributed by atoms with Crippen LogP contribution in [0.1, 0.15) is 5.56 Å². The van der Waals surface area contributed by atoms with Crippen molar-refractivity contribution < 1.29 is 4.39 Å². The number of nitrogens with zero attached hydrogens (tertiary/aromatic N) is 3. The number of nitrogens with one attached hydrogen (secondary N) is 1. The van der Waals surface area contributed by atoms with E-state index in [1.54, 1.807) is 10.7 Å². The van der Waals surface area contributed by atoms with E-state index in [-0.39, 0.29) is 5.82 Å². The summed E-state index contributed by atoms with van der Waals surface area (Å²) in [5.41, 5.74) is 2.52. The molecule has 16 heavy (non-hydrogen) atoms. The zero-order valence-corrected chi connectivity index (χ0v) is 9.24. The average Bonchev–Trinajstić information content (AvgIpc) is 2.61. The Morgan fingerprint density at radius 3 is 2.88 bits per heavy atom. The van der Waals surface area contributed by atoms with Crippen molar-refractivity contribution in [2.75, 3.05) is 7.05 Å². The summed E-state index contributed by atoms with van der Waals surface area (Å²) < 4.78 is 14.5. The van der Waals surface area contributed by atoms with Crippen LogP contribution in [-0.2, 0) is 13.6 Å². The molecule has 0 aromatic carbocycles. The molecule has 2 rings (SSSR count). The molecule has 0 aliphatic rings. The molecule has 0 bridgehead atoms. The van der Waals surface area contributed by atoms with Crippen LogP contribution in [0.15, 0.2) is 24.5 Å². The monoisotopic (exact) mass is 220 g/mol. The summed E-state index contributed by atoms with van der Waals surface area (Å²) in [5, 5.41) is 7.38. The minimum atomic E-state index is -0.338. The molecule has 4 nitrogen and oxygen atoms in total. The zero-order valence-electron chi connectivity index (χ0n) is 9.24. The van der Waals surface area contributed by atoms with Gasteiger partial charge < -0.3 is 5.32 Å². The van der Waals surface area contributed by atoms with Gasteiger partial charge in [-0.25, -0.2) is 4.39 Å². The quantitative estimate of drug-likeness (QED) is 0.848. The van der Waals surface area contributed by atoms with Gasteiger partial charge in [0.25, 0.3) is 0 Å².